The van der Waals surface area contributed by atoms with E-state index in [1.54, 1.807) is 30.5 Å². The van der Waals surface area contributed by atoms with E-state index in [9.17, 15) is 14.4 Å². The summed E-state index contributed by atoms with van der Waals surface area (Å²) in [6, 6.07) is 6.15. The minimum atomic E-state index is -0.681. The lowest BCUT2D eigenvalue weighted by Crippen LogP contribution is -2.52. The fourth-order valence-corrected chi connectivity index (χ4v) is 5.05. The van der Waals surface area contributed by atoms with Gasteiger partial charge in [-0.15, -0.1) is 0 Å². The van der Waals surface area contributed by atoms with Gasteiger partial charge < -0.3 is 14.5 Å². The van der Waals surface area contributed by atoms with Gasteiger partial charge >= 0.3 is 0 Å². The monoisotopic (exact) mass is 466 g/mol. The Morgan fingerprint density at radius 1 is 1.24 bits per heavy atom. The molecule has 2 atom stereocenters. The van der Waals surface area contributed by atoms with Crippen LogP contribution in [-0.2, 0) is 27.4 Å². The van der Waals surface area contributed by atoms with E-state index in [-0.39, 0.29) is 36.3 Å². The molecule has 0 bridgehead atoms. The van der Waals surface area contributed by atoms with Crippen LogP contribution in [0.15, 0.2) is 30.5 Å². The zero-order valence-corrected chi connectivity index (χ0v) is 19.1. The SMILES string of the molecule is CN(Cc1ccnc(-c2ccc3c(c2)CN(C2CCC(=O)NC2=O)C3=O)c1F)C[C@H]1CCOC1. The van der Waals surface area contributed by atoms with Crippen molar-refractivity contribution in [3.63, 3.8) is 0 Å². The smallest absolute Gasteiger partial charge is 0.255 e. The first-order valence-corrected chi connectivity index (χ1v) is 11.6. The molecular formula is C25H27FN4O4. The number of nitrogens with one attached hydrogen (secondary N) is 1. The number of carbonyl (C=O) groups is 3. The number of rotatable bonds is 6. The number of amides is 3. The summed E-state index contributed by atoms with van der Waals surface area (Å²) in [7, 11) is 1.97. The van der Waals surface area contributed by atoms with Crippen molar-refractivity contribution in [3.05, 3.63) is 53.0 Å². The fraction of sp³-hybridized carbons (Fsp3) is 0.440. The summed E-state index contributed by atoms with van der Waals surface area (Å²) in [6.45, 7) is 3.08. The van der Waals surface area contributed by atoms with Crippen LogP contribution in [0.3, 0.4) is 0 Å². The number of benzene rings is 1. The van der Waals surface area contributed by atoms with Gasteiger partial charge in [0, 0.05) is 55.5 Å². The van der Waals surface area contributed by atoms with E-state index < -0.39 is 11.9 Å². The molecule has 5 rings (SSSR count). The molecule has 2 aromatic rings. The summed E-state index contributed by atoms with van der Waals surface area (Å²) in [5.41, 5.74) is 2.60. The maximum atomic E-state index is 15.4. The van der Waals surface area contributed by atoms with Gasteiger partial charge in [0.1, 0.15) is 11.7 Å². The van der Waals surface area contributed by atoms with E-state index in [0.717, 1.165) is 31.7 Å². The zero-order chi connectivity index (χ0) is 23.8. The van der Waals surface area contributed by atoms with Gasteiger partial charge in [0.2, 0.25) is 11.8 Å². The van der Waals surface area contributed by atoms with Gasteiger partial charge in [0.25, 0.3) is 5.91 Å². The second-order valence-corrected chi connectivity index (χ2v) is 9.33. The van der Waals surface area contributed by atoms with Crippen LogP contribution in [0.25, 0.3) is 11.3 Å². The molecule has 0 saturated carbocycles. The largest absolute Gasteiger partial charge is 0.381 e. The minimum absolute atomic E-state index is 0.200. The zero-order valence-electron chi connectivity index (χ0n) is 19.1. The van der Waals surface area contributed by atoms with Gasteiger partial charge in [-0.25, -0.2) is 4.39 Å². The Kier molecular flexibility index (Phi) is 6.14. The van der Waals surface area contributed by atoms with Gasteiger partial charge in [-0.05, 0) is 49.6 Å². The molecule has 0 spiro atoms. The molecule has 1 unspecified atom stereocenters. The van der Waals surface area contributed by atoms with Crippen molar-refractivity contribution in [1.29, 1.82) is 0 Å². The number of imide groups is 1. The normalized spacial score (nSPS) is 22.4. The van der Waals surface area contributed by atoms with E-state index in [2.05, 4.69) is 15.2 Å². The highest BCUT2D eigenvalue weighted by Crippen LogP contribution is 2.32. The minimum Gasteiger partial charge on any atom is -0.381 e. The highest BCUT2D eigenvalue weighted by molar-refractivity contribution is 6.05. The van der Waals surface area contributed by atoms with Gasteiger partial charge in [-0.1, -0.05) is 6.07 Å². The summed E-state index contributed by atoms with van der Waals surface area (Å²) in [4.78, 5) is 44.5. The Morgan fingerprint density at radius 2 is 2.09 bits per heavy atom. The molecule has 3 aliphatic heterocycles. The summed E-state index contributed by atoms with van der Waals surface area (Å²) in [6.07, 6.45) is 3.13. The second-order valence-electron chi connectivity index (χ2n) is 9.33. The number of aromatic nitrogens is 1. The molecule has 1 aromatic carbocycles. The van der Waals surface area contributed by atoms with Crippen molar-refractivity contribution < 1.29 is 23.5 Å². The second kappa shape index (κ2) is 9.23. The van der Waals surface area contributed by atoms with Crippen molar-refractivity contribution in [1.82, 2.24) is 20.1 Å². The molecule has 4 heterocycles. The number of nitrogens with zero attached hydrogens (tertiary/aromatic N) is 3. The first-order valence-electron chi connectivity index (χ1n) is 11.6. The number of hydrogen-bond donors (Lipinski definition) is 1. The number of halogens is 1. The number of pyridine rings is 1. The van der Waals surface area contributed by atoms with Crippen LogP contribution in [0.2, 0.25) is 0 Å². The Morgan fingerprint density at radius 3 is 2.85 bits per heavy atom. The average Bonchev–Trinajstić information content (AvgIpc) is 3.43. The van der Waals surface area contributed by atoms with Crippen molar-refractivity contribution >= 4 is 17.7 Å². The Labute approximate surface area is 197 Å². The number of ether oxygens (including phenoxy) is 1. The highest BCUT2D eigenvalue weighted by atomic mass is 19.1. The fourth-order valence-electron chi connectivity index (χ4n) is 5.05. The van der Waals surface area contributed by atoms with Crippen molar-refractivity contribution in [2.45, 2.75) is 38.4 Å². The summed E-state index contributed by atoms with van der Waals surface area (Å²) in [5.74, 6) is -0.933. The van der Waals surface area contributed by atoms with E-state index >= 15 is 4.39 Å². The van der Waals surface area contributed by atoms with Crippen LogP contribution < -0.4 is 5.32 Å². The van der Waals surface area contributed by atoms with Crippen LogP contribution in [-0.4, -0.2) is 65.4 Å². The first-order chi connectivity index (χ1) is 16.4. The molecule has 8 nitrogen and oxygen atoms in total. The van der Waals surface area contributed by atoms with E-state index in [1.165, 1.54) is 4.90 Å². The van der Waals surface area contributed by atoms with Crippen LogP contribution in [0.5, 0.6) is 0 Å². The number of carbonyl (C=O) groups excluding carboxylic acids is 3. The summed E-state index contributed by atoms with van der Waals surface area (Å²) in [5, 5.41) is 2.30. The summed E-state index contributed by atoms with van der Waals surface area (Å²) >= 11 is 0. The predicted octanol–water partition coefficient (Wildman–Crippen LogP) is 2.12. The molecule has 2 fully saturated rings. The Hall–Kier alpha value is -3.17. The summed E-state index contributed by atoms with van der Waals surface area (Å²) < 4.78 is 20.9. The van der Waals surface area contributed by atoms with E-state index in [0.29, 0.717) is 35.6 Å². The predicted molar refractivity (Wildman–Crippen MR) is 121 cm³/mol. The Bertz CT molecular complexity index is 1150. The third-order valence-corrected chi connectivity index (χ3v) is 6.80. The molecule has 9 heteroatoms. The number of hydrogen-bond acceptors (Lipinski definition) is 6. The van der Waals surface area contributed by atoms with Gasteiger partial charge in [0.05, 0.1) is 6.61 Å². The molecule has 0 radical (unpaired) electrons. The van der Waals surface area contributed by atoms with Crippen LogP contribution in [0.1, 0.15) is 40.7 Å². The first kappa shape index (κ1) is 22.6. The molecule has 2 saturated heterocycles. The molecule has 3 amide bonds. The van der Waals surface area contributed by atoms with Gasteiger partial charge in [-0.2, -0.15) is 0 Å². The maximum absolute atomic E-state index is 15.4. The number of piperidine rings is 1. The third-order valence-electron chi connectivity index (χ3n) is 6.80. The van der Waals surface area contributed by atoms with Crippen LogP contribution >= 0.6 is 0 Å². The lowest BCUT2D eigenvalue weighted by Gasteiger charge is -2.29. The van der Waals surface area contributed by atoms with Crippen LogP contribution in [0.4, 0.5) is 4.39 Å². The molecule has 0 aliphatic carbocycles. The quantitative estimate of drug-likeness (QED) is 0.656. The lowest BCUT2D eigenvalue weighted by molar-refractivity contribution is -0.136. The maximum Gasteiger partial charge on any atom is 0.255 e. The van der Waals surface area contributed by atoms with Crippen molar-refractivity contribution in [2.24, 2.45) is 5.92 Å². The third kappa shape index (κ3) is 4.33. The average molecular weight is 467 g/mol. The molecular weight excluding hydrogens is 439 g/mol. The highest BCUT2D eigenvalue weighted by Gasteiger charge is 2.39. The standard InChI is InChI=1S/C25H27FN4O4/c1-29(11-15-7-9-34-14-15)12-17-6-8-27-23(22(17)26)16-2-3-19-18(10-16)13-30(25(19)33)20-4-5-21(31)28-24(20)32/h2-3,6,8,10,15,20H,4-5,7,9,11-14H2,1H3,(H,28,31,32)/t15-,20?/m1/s1. The van der Waals surface area contributed by atoms with Crippen LogP contribution in [0, 0.1) is 11.7 Å². The Balaban J connectivity index is 1.34. The molecule has 178 valence electrons. The van der Waals surface area contributed by atoms with Crippen molar-refractivity contribution in [3.8, 4) is 11.3 Å². The molecule has 3 aliphatic rings. The van der Waals surface area contributed by atoms with E-state index in [4.69, 9.17) is 4.74 Å². The van der Waals surface area contributed by atoms with Crippen molar-refractivity contribution in [2.75, 3.05) is 26.8 Å². The molecule has 34 heavy (non-hydrogen) atoms. The van der Waals surface area contributed by atoms with E-state index in [1.807, 2.05) is 7.05 Å². The molecule has 1 N–H and O–H groups in total. The van der Waals surface area contributed by atoms with Gasteiger partial charge in [0.15, 0.2) is 5.82 Å². The lowest BCUT2D eigenvalue weighted by atomic mass is 10.0. The topological polar surface area (TPSA) is 91.8 Å². The molecule has 1 aromatic heterocycles. The number of fused-ring (bicyclic) bond motifs is 1. The van der Waals surface area contributed by atoms with Gasteiger partial charge in [-0.3, -0.25) is 24.7 Å².